The molecule has 0 aliphatic carbocycles. The molecule has 1 aliphatic rings. The van der Waals surface area contributed by atoms with Gasteiger partial charge in [-0.2, -0.15) is 8.78 Å². The number of ether oxygens (including phenoxy) is 1. The second kappa shape index (κ2) is 4.47. The van der Waals surface area contributed by atoms with Crippen LogP contribution in [0.2, 0.25) is 0 Å². The van der Waals surface area contributed by atoms with Crippen molar-refractivity contribution in [3.05, 3.63) is 12.0 Å². The minimum atomic E-state index is -4.22. The third-order valence-corrected chi connectivity index (χ3v) is 1.47. The SMILES string of the molecule is ON1C=C(OCC(F)(F)C(F)F)C=NC1. The molecule has 0 aromatic rings. The van der Waals surface area contributed by atoms with Crippen LogP contribution in [-0.2, 0) is 4.74 Å². The topological polar surface area (TPSA) is 45.1 Å². The van der Waals surface area contributed by atoms with Gasteiger partial charge < -0.3 is 4.74 Å². The number of aliphatic imine (C=N–C) groups is 1. The Morgan fingerprint density at radius 3 is 2.80 bits per heavy atom. The third kappa shape index (κ3) is 3.39. The van der Waals surface area contributed by atoms with Gasteiger partial charge in [0.15, 0.2) is 12.4 Å². The maximum absolute atomic E-state index is 12.4. The van der Waals surface area contributed by atoms with Crippen molar-refractivity contribution in [3.63, 3.8) is 0 Å². The van der Waals surface area contributed by atoms with Crippen LogP contribution in [0.15, 0.2) is 17.0 Å². The highest BCUT2D eigenvalue weighted by molar-refractivity contribution is 5.76. The minimum Gasteiger partial charge on any atom is -0.484 e. The van der Waals surface area contributed by atoms with Crippen LogP contribution in [0.25, 0.3) is 0 Å². The summed E-state index contributed by atoms with van der Waals surface area (Å²) in [5, 5.41) is 9.42. The zero-order valence-electron chi connectivity index (χ0n) is 7.41. The number of hydrogen-bond donors (Lipinski definition) is 1. The number of hydrogen-bond acceptors (Lipinski definition) is 4. The zero-order valence-corrected chi connectivity index (χ0v) is 7.41. The quantitative estimate of drug-likeness (QED) is 0.741. The van der Waals surface area contributed by atoms with Crippen LogP contribution < -0.4 is 0 Å². The first-order valence-corrected chi connectivity index (χ1v) is 3.88. The van der Waals surface area contributed by atoms with Crippen molar-refractivity contribution >= 4 is 6.21 Å². The van der Waals surface area contributed by atoms with Gasteiger partial charge in [-0.15, -0.1) is 0 Å². The summed E-state index contributed by atoms with van der Waals surface area (Å²) in [6.07, 6.45) is -1.76. The van der Waals surface area contributed by atoms with Crippen LogP contribution in [0.1, 0.15) is 0 Å². The predicted molar refractivity (Wildman–Crippen MR) is 42.0 cm³/mol. The van der Waals surface area contributed by atoms with Crippen molar-refractivity contribution in [1.82, 2.24) is 5.06 Å². The van der Waals surface area contributed by atoms with Crippen LogP contribution in [-0.4, -0.2) is 42.1 Å². The van der Waals surface area contributed by atoms with E-state index in [1.807, 2.05) is 0 Å². The summed E-state index contributed by atoms with van der Waals surface area (Å²) in [7, 11) is 0. The Morgan fingerprint density at radius 1 is 1.60 bits per heavy atom. The molecule has 1 aliphatic heterocycles. The molecule has 0 saturated heterocycles. The molecule has 0 radical (unpaired) electrons. The fraction of sp³-hybridized carbons (Fsp3) is 0.571. The lowest BCUT2D eigenvalue weighted by Gasteiger charge is -2.19. The minimum absolute atomic E-state index is 0.0574. The van der Waals surface area contributed by atoms with Gasteiger partial charge in [-0.05, 0) is 0 Å². The summed E-state index contributed by atoms with van der Waals surface area (Å²) in [5.41, 5.74) is 0. The predicted octanol–water partition coefficient (Wildman–Crippen LogP) is 1.48. The second-order valence-corrected chi connectivity index (χ2v) is 2.77. The van der Waals surface area contributed by atoms with E-state index in [2.05, 4.69) is 9.73 Å². The second-order valence-electron chi connectivity index (χ2n) is 2.77. The first-order valence-electron chi connectivity index (χ1n) is 3.88. The summed E-state index contributed by atoms with van der Waals surface area (Å²) in [6, 6.07) is 0. The molecule has 0 spiro atoms. The van der Waals surface area contributed by atoms with Crippen LogP contribution in [0.3, 0.4) is 0 Å². The number of hydroxylamine groups is 2. The largest absolute Gasteiger partial charge is 0.484 e. The summed E-state index contributed by atoms with van der Waals surface area (Å²) in [4.78, 5) is 3.51. The molecule has 4 nitrogen and oxygen atoms in total. The monoisotopic (exact) mass is 228 g/mol. The van der Waals surface area contributed by atoms with Gasteiger partial charge in [0.2, 0.25) is 0 Å². The normalized spacial score (nSPS) is 16.9. The molecule has 0 bridgehead atoms. The van der Waals surface area contributed by atoms with Crippen molar-refractivity contribution in [1.29, 1.82) is 0 Å². The molecular formula is C7H8F4N2O2. The van der Waals surface area contributed by atoms with Crippen LogP contribution in [0.4, 0.5) is 17.6 Å². The standard InChI is InChI=1S/C7H8F4N2O2/c8-6(9)7(10,11)3-15-5-1-12-4-13(14)2-5/h1-2,6,14H,3-4H2. The van der Waals surface area contributed by atoms with Crippen LogP contribution in [0, 0.1) is 0 Å². The van der Waals surface area contributed by atoms with Crippen molar-refractivity contribution < 1.29 is 27.5 Å². The molecular weight excluding hydrogens is 220 g/mol. The molecule has 1 heterocycles. The Morgan fingerprint density at radius 2 is 2.27 bits per heavy atom. The van der Waals surface area contributed by atoms with E-state index < -0.39 is 19.0 Å². The highest BCUT2D eigenvalue weighted by Gasteiger charge is 2.41. The maximum Gasteiger partial charge on any atom is 0.340 e. The third-order valence-electron chi connectivity index (χ3n) is 1.47. The van der Waals surface area contributed by atoms with E-state index in [0.717, 1.165) is 12.4 Å². The van der Waals surface area contributed by atoms with Gasteiger partial charge in [-0.1, -0.05) is 0 Å². The number of alkyl halides is 4. The average Bonchev–Trinajstić information content (AvgIpc) is 2.15. The first kappa shape index (κ1) is 11.8. The van der Waals surface area contributed by atoms with E-state index in [0.29, 0.717) is 5.06 Å². The Balaban J connectivity index is 2.47. The highest BCUT2D eigenvalue weighted by atomic mass is 19.3. The molecule has 1 rings (SSSR count). The molecule has 0 atom stereocenters. The van der Waals surface area contributed by atoms with Gasteiger partial charge in [-0.25, -0.2) is 13.8 Å². The van der Waals surface area contributed by atoms with Crippen LogP contribution in [0.5, 0.6) is 0 Å². The van der Waals surface area contributed by atoms with E-state index in [9.17, 15) is 17.6 Å². The lowest BCUT2D eigenvalue weighted by Crippen LogP contribution is -2.32. The summed E-state index contributed by atoms with van der Waals surface area (Å²) >= 11 is 0. The summed E-state index contributed by atoms with van der Waals surface area (Å²) in [6.45, 7) is -1.52. The molecule has 0 aromatic heterocycles. The fourth-order valence-corrected chi connectivity index (χ4v) is 0.753. The van der Waals surface area contributed by atoms with Gasteiger partial charge in [-0.3, -0.25) is 10.2 Å². The smallest absolute Gasteiger partial charge is 0.340 e. The lowest BCUT2D eigenvalue weighted by molar-refractivity contribution is -0.157. The van der Waals surface area contributed by atoms with Crippen molar-refractivity contribution in [2.75, 3.05) is 13.3 Å². The number of allylic oxidation sites excluding steroid dienone is 1. The molecule has 1 N–H and O–H groups in total. The Bertz CT molecular complexity index is 280. The summed E-state index contributed by atoms with van der Waals surface area (Å²) in [5.74, 6) is -4.42. The van der Waals surface area contributed by atoms with E-state index in [-0.39, 0.29) is 12.4 Å². The molecule has 0 saturated carbocycles. The van der Waals surface area contributed by atoms with E-state index in [1.54, 1.807) is 0 Å². The van der Waals surface area contributed by atoms with Crippen LogP contribution >= 0.6 is 0 Å². The summed E-state index contributed by atoms with van der Waals surface area (Å²) < 4.78 is 52.5. The zero-order chi connectivity index (χ0) is 11.5. The molecule has 8 heteroatoms. The molecule has 15 heavy (non-hydrogen) atoms. The lowest BCUT2D eigenvalue weighted by atomic mass is 10.4. The van der Waals surface area contributed by atoms with Crippen molar-refractivity contribution in [2.45, 2.75) is 12.3 Å². The van der Waals surface area contributed by atoms with E-state index in [1.165, 1.54) is 0 Å². The first-order chi connectivity index (χ1) is 6.92. The van der Waals surface area contributed by atoms with Gasteiger partial charge >= 0.3 is 12.3 Å². The van der Waals surface area contributed by atoms with Gasteiger partial charge in [0.05, 0.1) is 12.4 Å². The van der Waals surface area contributed by atoms with Gasteiger partial charge in [0.1, 0.15) is 6.67 Å². The number of halogens is 4. The fourth-order valence-electron chi connectivity index (χ4n) is 0.753. The van der Waals surface area contributed by atoms with Gasteiger partial charge in [0.25, 0.3) is 0 Å². The molecule has 0 unspecified atom stereocenters. The Kier molecular flexibility index (Phi) is 3.51. The average molecular weight is 228 g/mol. The molecule has 86 valence electrons. The number of rotatable bonds is 4. The van der Waals surface area contributed by atoms with Gasteiger partial charge in [0, 0.05) is 0 Å². The molecule has 0 aromatic carbocycles. The highest BCUT2D eigenvalue weighted by Crippen LogP contribution is 2.23. The molecule has 0 amide bonds. The van der Waals surface area contributed by atoms with E-state index >= 15 is 0 Å². The molecule has 0 fully saturated rings. The van der Waals surface area contributed by atoms with E-state index in [4.69, 9.17) is 5.21 Å². The number of nitrogens with zero attached hydrogens (tertiary/aromatic N) is 2. The van der Waals surface area contributed by atoms with Crippen molar-refractivity contribution in [2.24, 2.45) is 4.99 Å². The Labute approximate surface area is 82.4 Å². The maximum atomic E-state index is 12.4. The van der Waals surface area contributed by atoms with Crippen molar-refractivity contribution in [3.8, 4) is 0 Å². The Hall–Kier alpha value is -1.31.